The molecule has 134 valence electrons. The third-order valence-corrected chi connectivity index (χ3v) is 4.47. The molecule has 1 N–H and O–H groups in total. The summed E-state index contributed by atoms with van der Waals surface area (Å²) in [5.74, 6) is -0.427. The molecular formula is C17H24F3N3O. The van der Waals surface area contributed by atoms with Crippen molar-refractivity contribution in [1.82, 2.24) is 15.2 Å². The molecular weight excluding hydrogens is 319 g/mol. The van der Waals surface area contributed by atoms with Gasteiger partial charge >= 0.3 is 6.18 Å². The van der Waals surface area contributed by atoms with Gasteiger partial charge in [0.15, 0.2) is 6.04 Å². The van der Waals surface area contributed by atoms with Gasteiger partial charge in [0.25, 0.3) is 0 Å². The van der Waals surface area contributed by atoms with E-state index in [1.807, 2.05) is 0 Å². The van der Waals surface area contributed by atoms with Crippen LogP contribution in [0.1, 0.15) is 44.8 Å². The van der Waals surface area contributed by atoms with Gasteiger partial charge in [-0.15, -0.1) is 0 Å². The summed E-state index contributed by atoms with van der Waals surface area (Å²) in [6.07, 6.45) is -1.46. The highest BCUT2D eigenvalue weighted by Gasteiger charge is 2.43. The van der Waals surface area contributed by atoms with Gasteiger partial charge in [-0.05, 0) is 57.8 Å². The molecule has 1 aromatic heterocycles. The molecule has 0 saturated carbocycles. The first kappa shape index (κ1) is 18.7. The van der Waals surface area contributed by atoms with Gasteiger partial charge in [0, 0.05) is 18.7 Å². The van der Waals surface area contributed by atoms with Crippen molar-refractivity contribution in [2.45, 2.75) is 51.4 Å². The van der Waals surface area contributed by atoms with E-state index >= 15 is 0 Å². The minimum Gasteiger partial charge on any atom is -0.340 e. The van der Waals surface area contributed by atoms with E-state index in [1.165, 1.54) is 18.3 Å². The lowest BCUT2D eigenvalue weighted by atomic mass is 9.92. The molecule has 1 fully saturated rings. The maximum Gasteiger partial charge on any atom is 0.414 e. The first-order chi connectivity index (χ1) is 11.3. The Morgan fingerprint density at radius 1 is 1.33 bits per heavy atom. The number of rotatable bonds is 5. The van der Waals surface area contributed by atoms with Crippen LogP contribution >= 0.6 is 0 Å². The Labute approximate surface area is 140 Å². The predicted octanol–water partition coefficient (Wildman–Crippen LogP) is 3.31. The molecule has 1 amide bonds. The Hall–Kier alpha value is -1.63. The van der Waals surface area contributed by atoms with Crippen LogP contribution in [0, 0.1) is 5.92 Å². The van der Waals surface area contributed by atoms with Gasteiger partial charge in [-0.25, -0.2) is 0 Å². The fourth-order valence-corrected chi connectivity index (χ4v) is 3.03. The molecule has 7 heteroatoms. The van der Waals surface area contributed by atoms with Crippen LogP contribution in [-0.4, -0.2) is 41.1 Å². The van der Waals surface area contributed by atoms with Gasteiger partial charge in [0.2, 0.25) is 5.91 Å². The summed E-state index contributed by atoms with van der Waals surface area (Å²) in [4.78, 5) is 18.2. The Morgan fingerprint density at radius 3 is 2.50 bits per heavy atom. The quantitative estimate of drug-likeness (QED) is 0.892. The van der Waals surface area contributed by atoms with Gasteiger partial charge < -0.3 is 10.2 Å². The molecule has 0 bridgehead atoms. The predicted molar refractivity (Wildman–Crippen MR) is 85.2 cm³/mol. The van der Waals surface area contributed by atoms with Crippen LogP contribution in [0.25, 0.3) is 0 Å². The number of carbonyl (C=O) groups excluding carboxylic acids is 1. The third-order valence-electron chi connectivity index (χ3n) is 4.47. The van der Waals surface area contributed by atoms with Gasteiger partial charge in [-0.2, -0.15) is 13.2 Å². The smallest absolute Gasteiger partial charge is 0.340 e. The molecule has 2 rings (SSSR count). The Bertz CT molecular complexity index is 526. The van der Waals surface area contributed by atoms with Crippen LogP contribution in [0.15, 0.2) is 24.4 Å². The van der Waals surface area contributed by atoms with Gasteiger partial charge in [0.1, 0.15) is 0 Å². The number of hydrogen-bond acceptors (Lipinski definition) is 3. The van der Waals surface area contributed by atoms with Crippen molar-refractivity contribution < 1.29 is 18.0 Å². The first-order valence-electron chi connectivity index (χ1n) is 8.28. The summed E-state index contributed by atoms with van der Waals surface area (Å²) < 4.78 is 39.7. The lowest BCUT2D eigenvalue weighted by Gasteiger charge is -2.34. The molecule has 24 heavy (non-hydrogen) atoms. The Kier molecular flexibility index (Phi) is 6.21. The molecule has 0 aromatic carbocycles. The van der Waals surface area contributed by atoms with Crippen molar-refractivity contribution in [2.24, 2.45) is 5.92 Å². The number of alkyl halides is 3. The van der Waals surface area contributed by atoms with Crippen molar-refractivity contribution in [2.75, 3.05) is 13.1 Å². The summed E-state index contributed by atoms with van der Waals surface area (Å²) >= 11 is 0. The van der Waals surface area contributed by atoms with Crippen molar-refractivity contribution in [3.8, 4) is 0 Å². The van der Waals surface area contributed by atoms with Gasteiger partial charge in [0.05, 0.1) is 5.69 Å². The molecule has 0 unspecified atom stereocenters. The summed E-state index contributed by atoms with van der Waals surface area (Å²) in [6.45, 7) is 6.01. The summed E-state index contributed by atoms with van der Waals surface area (Å²) in [6, 6.07) is 2.70. The maximum absolute atomic E-state index is 13.2. The highest BCUT2D eigenvalue weighted by Crippen LogP contribution is 2.32. The molecule has 0 radical (unpaired) electrons. The number of amides is 1. The minimum atomic E-state index is -4.56. The zero-order valence-corrected chi connectivity index (χ0v) is 14.0. The number of nitrogens with zero attached hydrogens (tertiary/aromatic N) is 2. The number of hydrogen-bond donors (Lipinski definition) is 1. The molecule has 1 atom stereocenters. The summed E-state index contributed by atoms with van der Waals surface area (Å²) in [5, 5.41) is 2.11. The fourth-order valence-electron chi connectivity index (χ4n) is 3.03. The second-order valence-corrected chi connectivity index (χ2v) is 6.57. The molecule has 1 saturated heterocycles. The summed E-state index contributed by atoms with van der Waals surface area (Å²) in [5.41, 5.74) is -0.187. The molecule has 0 aliphatic carbocycles. The normalized spacial score (nSPS) is 18.6. The number of carbonyl (C=O) groups is 1. The van der Waals surface area contributed by atoms with E-state index in [2.05, 4.69) is 29.0 Å². The van der Waals surface area contributed by atoms with Crippen LogP contribution in [0.3, 0.4) is 0 Å². The Morgan fingerprint density at radius 2 is 2.00 bits per heavy atom. The average Bonchev–Trinajstić information content (AvgIpc) is 2.53. The van der Waals surface area contributed by atoms with Gasteiger partial charge in [-0.3, -0.25) is 9.78 Å². The van der Waals surface area contributed by atoms with E-state index in [1.54, 1.807) is 6.07 Å². The van der Waals surface area contributed by atoms with Gasteiger partial charge in [-0.1, -0.05) is 6.07 Å². The zero-order chi connectivity index (χ0) is 17.7. The lowest BCUT2D eigenvalue weighted by Crippen LogP contribution is -2.42. The van der Waals surface area contributed by atoms with Crippen LogP contribution < -0.4 is 5.32 Å². The zero-order valence-electron chi connectivity index (χ0n) is 14.0. The molecule has 1 aliphatic heterocycles. The van der Waals surface area contributed by atoms with Crippen LogP contribution in [-0.2, 0) is 4.79 Å². The lowest BCUT2D eigenvalue weighted by molar-refractivity contribution is -0.164. The average molecular weight is 343 g/mol. The topological polar surface area (TPSA) is 45.2 Å². The molecule has 4 nitrogen and oxygen atoms in total. The largest absolute Gasteiger partial charge is 0.414 e. The van der Waals surface area contributed by atoms with Crippen molar-refractivity contribution in [1.29, 1.82) is 0 Å². The second-order valence-electron chi connectivity index (χ2n) is 6.57. The van der Waals surface area contributed by atoms with Crippen LogP contribution in [0.2, 0.25) is 0 Å². The van der Waals surface area contributed by atoms with Crippen LogP contribution in [0.4, 0.5) is 13.2 Å². The second kappa shape index (κ2) is 7.96. The van der Waals surface area contributed by atoms with E-state index in [0.717, 1.165) is 25.9 Å². The number of pyridine rings is 1. The highest BCUT2D eigenvalue weighted by atomic mass is 19.4. The highest BCUT2D eigenvalue weighted by molar-refractivity contribution is 5.76. The number of halogens is 3. The number of piperidine rings is 1. The number of nitrogens with one attached hydrogen (secondary N) is 1. The first-order valence-corrected chi connectivity index (χ1v) is 8.28. The minimum absolute atomic E-state index is 0.130. The van der Waals surface area contributed by atoms with E-state index in [9.17, 15) is 18.0 Å². The van der Waals surface area contributed by atoms with Crippen molar-refractivity contribution in [3.05, 3.63) is 30.1 Å². The fraction of sp³-hybridized carbons (Fsp3) is 0.647. The van der Waals surface area contributed by atoms with Crippen molar-refractivity contribution >= 4 is 5.91 Å². The maximum atomic E-state index is 13.2. The molecule has 1 aliphatic rings. The standard InChI is InChI=1S/C17H24F3N3O/c1-12(2)23-9-6-13(7-10-23)11-15(24)22-16(17(18,19)20)14-5-3-4-8-21-14/h3-5,8,12-13,16H,6-7,9-11H2,1-2H3,(H,22,24)/t16-/m1/s1. The van der Waals surface area contributed by atoms with E-state index in [-0.39, 0.29) is 18.0 Å². The van der Waals surface area contributed by atoms with E-state index in [0.29, 0.717) is 6.04 Å². The monoisotopic (exact) mass is 343 g/mol. The molecule has 2 heterocycles. The van der Waals surface area contributed by atoms with Crippen LogP contribution in [0.5, 0.6) is 0 Å². The van der Waals surface area contributed by atoms with E-state index < -0.39 is 18.1 Å². The summed E-state index contributed by atoms with van der Waals surface area (Å²) in [7, 11) is 0. The van der Waals surface area contributed by atoms with E-state index in [4.69, 9.17) is 0 Å². The van der Waals surface area contributed by atoms with Crippen molar-refractivity contribution in [3.63, 3.8) is 0 Å². The molecule has 1 aromatic rings. The SMILES string of the molecule is CC(C)N1CCC(CC(=O)N[C@H](c2ccccn2)C(F)(F)F)CC1. The third kappa shape index (κ3) is 5.19. The number of aromatic nitrogens is 1. The number of likely N-dealkylation sites (tertiary alicyclic amines) is 1. The Balaban J connectivity index is 1.92. The molecule has 0 spiro atoms.